The first-order valence-electron chi connectivity index (χ1n) is 19.6. The van der Waals surface area contributed by atoms with Crippen molar-refractivity contribution < 1.29 is 19.2 Å². The van der Waals surface area contributed by atoms with Gasteiger partial charge in [0.2, 0.25) is 0 Å². The molecule has 3 aromatic carbocycles. The summed E-state index contributed by atoms with van der Waals surface area (Å²) in [5, 5.41) is 0. The van der Waals surface area contributed by atoms with E-state index in [1.54, 1.807) is 12.1 Å². The highest BCUT2D eigenvalue weighted by molar-refractivity contribution is 6.22. The minimum absolute atomic E-state index is 0.192. The molecule has 4 amide bonds. The molecule has 2 aliphatic heterocycles. The Bertz CT molecular complexity index is 1500. The second-order valence-electron chi connectivity index (χ2n) is 14.3. The zero-order valence-corrected chi connectivity index (χ0v) is 30.4. The average molecular weight is 677 g/mol. The van der Waals surface area contributed by atoms with Crippen molar-refractivity contribution in [2.45, 2.75) is 129 Å². The second-order valence-corrected chi connectivity index (χ2v) is 14.3. The summed E-state index contributed by atoms with van der Waals surface area (Å²) in [6, 6.07) is 19.0. The van der Waals surface area contributed by atoms with Gasteiger partial charge in [-0.15, -0.1) is 0 Å². The first kappa shape index (κ1) is 37.2. The van der Waals surface area contributed by atoms with Gasteiger partial charge in [0.05, 0.1) is 22.3 Å². The Kier molecular flexibility index (Phi) is 14.0. The lowest BCUT2D eigenvalue weighted by molar-refractivity contribution is 0.0636. The number of benzene rings is 3. The molecular formula is C44H56N2O4. The van der Waals surface area contributed by atoms with E-state index in [0.29, 0.717) is 35.3 Å². The molecule has 0 spiro atoms. The van der Waals surface area contributed by atoms with E-state index in [1.165, 1.54) is 86.8 Å². The fourth-order valence-corrected chi connectivity index (χ4v) is 7.36. The van der Waals surface area contributed by atoms with Crippen molar-refractivity contribution in [2.75, 3.05) is 13.1 Å². The maximum atomic E-state index is 13.3. The molecule has 2 aliphatic rings. The molecule has 0 fully saturated rings. The fourth-order valence-electron chi connectivity index (χ4n) is 7.36. The lowest BCUT2D eigenvalue weighted by Crippen LogP contribution is -2.30. The van der Waals surface area contributed by atoms with Crippen LogP contribution < -0.4 is 0 Å². The van der Waals surface area contributed by atoms with Gasteiger partial charge in [0.1, 0.15) is 0 Å². The van der Waals surface area contributed by atoms with Crippen LogP contribution in [0.25, 0.3) is 22.3 Å². The van der Waals surface area contributed by atoms with Gasteiger partial charge in [-0.25, -0.2) is 0 Å². The number of unbranched alkanes of at least 4 members (excludes halogenated alkanes) is 16. The Morgan fingerprint density at radius 2 is 0.620 bits per heavy atom. The van der Waals surface area contributed by atoms with Gasteiger partial charge in [0, 0.05) is 13.1 Å². The van der Waals surface area contributed by atoms with Crippen LogP contribution in [-0.4, -0.2) is 46.5 Å². The van der Waals surface area contributed by atoms with Gasteiger partial charge in [-0.05, 0) is 59.4 Å². The van der Waals surface area contributed by atoms with Crippen LogP contribution in [0, 0.1) is 0 Å². The molecule has 0 atom stereocenters. The van der Waals surface area contributed by atoms with Crippen LogP contribution in [0.1, 0.15) is 171 Å². The van der Waals surface area contributed by atoms with Gasteiger partial charge < -0.3 is 0 Å². The Labute approximate surface area is 299 Å². The molecule has 5 rings (SSSR count). The van der Waals surface area contributed by atoms with Crippen LogP contribution in [0.5, 0.6) is 0 Å². The Morgan fingerprint density at radius 3 is 0.960 bits per heavy atom. The minimum atomic E-state index is -0.202. The first-order chi connectivity index (χ1) is 24.4. The lowest BCUT2D eigenvalue weighted by atomic mass is 9.96. The van der Waals surface area contributed by atoms with Crippen LogP contribution in [0.15, 0.2) is 60.7 Å². The quantitative estimate of drug-likeness (QED) is 0.0784. The number of carbonyl (C=O) groups is 4. The maximum Gasteiger partial charge on any atom is 0.261 e. The van der Waals surface area contributed by atoms with Crippen LogP contribution >= 0.6 is 0 Å². The van der Waals surface area contributed by atoms with E-state index in [4.69, 9.17) is 0 Å². The first-order valence-corrected chi connectivity index (χ1v) is 19.6. The number of carbonyl (C=O) groups excluding carboxylic acids is 4. The van der Waals surface area contributed by atoms with Crippen molar-refractivity contribution in [1.82, 2.24) is 9.80 Å². The van der Waals surface area contributed by atoms with Gasteiger partial charge in [-0.3, -0.25) is 29.0 Å². The number of nitrogens with zero attached hydrogens (tertiary/aromatic N) is 2. The average Bonchev–Trinajstić information content (AvgIpc) is 3.52. The molecule has 0 radical (unpaired) electrons. The molecule has 0 aromatic heterocycles. The highest BCUT2D eigenvalue weighted by Crippen LogP contribution is 2.33. The summed E-state index contributed by atoms with van der Waals surface area (Å²) >= 11 is 0. The standard InChI is InChI=1S/C44H56N2O4/c1-3-5-7-9-11-13-15-17-19-29-45-41(47)37-27-25-35(31-39(37)43(45)49)33-21-23-34(24-22-33)36-26-28-38-40(32-36)44(50)46(42(38)48)30-20-18-16-14-12-10-8-6-4-2/h21-28,31-32H,3-20,29-30H2,1-2H3. The van der Waals surface area contributed by atoms with E-state index in [1.807, 2.05) is 48.5 Å². The van der Waals surface area contributed by atoms with E-state index in [2.05, 4.69) is 13.8 Å². The monoisotopic (exact) mass is 676 g/mol. The van der Waals surface area contributed by atoms with Gasteiger partial charge in [0.25, 0.3) is 23.6 Å². The van der Waals surface area contributed by atoms with Crippen LogP contribution in [0.3, 0.4) is 0 Å². The molecule has 0 N–H and O–H groups in total. The van der Waals surface area contributed by atoms with Crippen molar-refractivity contribution in [3.8, 4) is 22.3 Å². The molecule has 0 bridgehead atoms. The van der Waals surface area contributed by atoms with Crippen molar-refractivity contribution in [1.29, 1.82) is 0 Å². The summed E-state index contributed by atoms with van der Waals surface area (Å²) in [6.45, 7) is 5.40. The van der Waals surface area contributed by atoms with Crippen molar-refractivity contribution in [2.24, 2.45) is 0 Å². The van der Waals surface area contributed by atoms with E-state index in [-0.39, 0.29) is 23.6 Å². The molecule has 6 nitrogen and oxygen atoms in total. The highest BCUT2D eigenvalue weighted by Gasteiger charge is 2.36. The maximum absolute atomic E-state index is 13.3. The second kappa shape index (κ2) is 18.8. The zero-order chi connectivity index (χ0) is 35.3. The normalized spacial score (nSPS) is 13.9. The third-order valence-electron chi connectivity index (χ3n) is 10.5. The Hall–Kier alpha value is -4.06. The van der Waals surface area contributed by atoms with E-state index in [9.17, 15) is 19.2 Å². The number of rotatable bonds is 22. The SMILES string of the molecule is CCCCCCCCCCCN1C(=O)c2ccc(-c3ccc(-c4ccc5c(c4)C(=O)N(CCCCCCCCCCC)C5=O)cc3)cc2C1=O. The van der Waals surface area contributed by atoms with E-state index >= 15 is 0 Å². The number of amides is 4. The molecule has 2 heterocycles. The largest absolute Gasteiger partial charge is 0.274 e. The summed E-state index contributed by atoms with van der Waals surface area (Å²) in [4.78, 5) is 55.4. The molecule has 266 valence electrons. The molecule has 50 heavy (non-hydrogen) atoms. The predicted molar refractivity (Wildman–Crippen MR) is 203 cm³/mol. The fraction of sp³-hybridized carbons (Fsp3) is 0.500. The van der Waals surface area contributed by atoms with Crippen LogP contribution in [0.4, 0.5) is 0 Å². The summed E-state index contributed by atoms with van der Waals surface area (Å²) in [5.41, 5.74) is 5.54. The summed E-state index contributed by atoms with van der Waals surface area (Å²) in [7, 11) is 0. The van der Waals surface area contributed by atoms with Gasteiger partial charge in [-0.1, -0.05) is 153 Å². The highest BCUT2D eigenvalue weighted by atomic mass is 16.2. The lowest BCUT2D eigenvalue weighted by Gasteiger charge is -2.13. The molecule has 0 unspecified atom stereocenters. The Balaban J connectivity index is 1.13. The van der Waals surface area contributed by atoms with E-state index < -0.39 is 0 Å². The molecule has 0 aliphatic carbocycles. The number of hydrogen-bond acceptors (Lipinski definition) is 4. The molecule has 3 aromatic rings. The topological polar surface area (TPSA) is 74.8 Å². The number of fused-ring (bicyclic) bond motifs is 2. The predicted octanol–water partition coefficient (Wildman–Crippen LogP) is 11.3. The molecule has 0 saturated heterocycles. The molecule has 0 saturated carbocycles. The Morgan fingerprint density at radius 1 is 0.340 bits per heavy atom. The van der Waals surface area contributed by atoms with E-state index in [0.717, 1.165) is 60.8 Å². The summed E-state index contributed by atoms with van der Waals surface area (Å²) < 4.78 is 0. The van der Waals surface area contributed by atoms with Crippen LogP contribution in [0.2, 0.25) is 0 Å². The van der Waals surface area contributed by atoms with Crippen molar-refractivity contribution in [3.63, 3.8) is 0 Å². The summed E-state index contributed by atoms with van der Waals surface area (Å²) in [5.74, 6) is -0.787. The van der Waals surface area contributed by atoms with Gasteiger partial charge in [0.15, 0.2) is 0 Å². The zero-order valence-electron chi connectivity index (χ0n) is 30.4. The van der Waals surface area contributed by atoms with Crippen molar-refractivity contribution in [3.05, 3.63) is 82.9 Å². The molecular weight excluding hydrogens is 620 g/mol. The van der Waals surface area contributed by atoms with Gasteiger partial charge >= 0.3 is 0 Å². The van der Waals surface area contributed by atoms with Crippen LogP contribution in [-0.2, 0) is 0 Å². The smallest absolute Gasteiger partial charge is 0.261 e. The minimum Gasteiger partial charge on any atom is -0.274 e. The van der Waals surface area contributed by atoms with Gasteiger partial charge in [-0.2, -0.15) is 0 Å². The number of hydrogen-bond donors (Lipinski definition) is 0. The number of imide groups is 2. The molecule has 6 heteroatoms. The third-order valence-corrected chi connectivity index (χ3v) is 10.5. The van der Waals surface area contributed by atoms with Crippen molar-refractivity contribution >= 4 is 23.6 Å². The summed E-state index contributed by atoms with van der Waals surface area (Å²) in [6.07, 6.45) is 21.4. The third kappa shape index (κ3) is 9.18.